The molecule has 0 aliphatic carbocycles. The smallest absolute Gasteiger partial charge is 0.323 e. The lowest BCUT2D eigenvalue weighted by molar-refractivity contribution is -0.156. The normalized spacial score (nSPS) is 13.9. The van der Waals surface area contributed by atoms with Gasteiger partial charge in [0.15, 0.2) is 0 Å². The van der Waals surface area contributed by atoms with Crippen molar-refractivity contribution in [2.45, 2.75) is 38.8 Å². The van der Waals surface area contributed by atoms with E-state index in [2.05, 4.69) is 0 Å². The Kier molecular flexibility index (Phi) is 4.95. The summed E-state index contributed by atoms with van der Waals surface area (Å²) in [5.74, 6) is -0.371. The number of carbonyl (C=O) groups excluding carboxylic acids is 1. The highest BCUT2D eigenvalue weighted by molar-refractivity contribution is 5.75. The molecule has 4 nitrogen and oxygen atoms in total. The quantitative estimate of drug-likeness (QED) is 0.661. The topological polar surface area (TPSA) is 61.5 Å². The van der Waals surface area contributed by atoms with Gasteiger partial charge in [0.05, 0.1) is 0 Å². The zero-order valence-electron chi connectivity index (χ0n) is 8.79. The Morgan fingerprint density at radius 3 is 2.38 bits per heavy atom. The van der Waals surface area contributed by atoms with E-state index in [1.807, 2.05) is 20.8 Å². The minimum absolute atomic E-state index is 0.371. The van der Waals surface area contributed by atoms with Gasteiger partial charge in [-0.15, -0.1) is 0 Å². The highest BCUT2D eigenvalue weighted by Gasteiger charge is 2.21. The van der Waals surface area contributed by atoms with Crippen LogP contribution in [0, 0.1) is 0 Å². The molecule has 0 aromatic carbocycles. The molecule has 0 unspecified atom stereocenters. The fraction of sp³-hybridized carbons (Fsp3) is 0.889. The summed E-state index contributed by atoms with van der Waals surface area (Å²) in [4.78, 5) is 11.3. The van der Waals surface area contributed by atoms with Crippen LogP contribution in [0.15, 0.2) is 0 Å². The SMILES string of the molecule is COCC[C@@H](N)C(=O)OC(C)(C)C. The Morgan fingerprint density at radius 2 is 2.00 bits per heavy atom. The molecule has 1 atom stereocenters. The van der Waals surface area contributed by atoms with E-state index in [4.69, 9.17) is 15.2 Å². The first-order chi connectivity index (χ1) is 5.87. The number of esters is 1. The second-order valence-corrected chi connectivity index (χ2v) is 3.92. The number of methoxy groups -OCH3 is 1. The van der Waals surface area contributed by atoms with E-state index < -0.39 is 11.6 Å². The van der Waals surface area contributed by atoms with Crippen molar-refractivity contribution in [3.8, 4) is 0 Å². The molecule has 0 fully saturated rings. The summed E-state index contributed by atoms with van der Waals surface area (Å²) in [6.45, 7) is 5.91. The van der Waals surface area contributed by atoms with Crippen molar-refractivity contribution >= 4 is 5.97 Å². The Morgan fingerprint density at radius 1 is 1.46 bits per heavy atom. The molecule has 78 valence electrons. The molecule has 0 bridgehead atoms. The maximum Gasteiger partial charge on any atom is 0.323 e. The van der Waals surface area contributed by atoms with Crippen LogP contribution in [0.2, 0.25) is 0 Å². The zero-order valence-corrected chi connectivity index (χ0v) is 8.79. The van der Waals surface area contributed by atoms with Gasteiger partial charge in [0, 0.05) is 13.7 Å². The van der Waals surface area contributed by atoms with Crippen molar-refractivity contribution in [3.05, 3.63) is 0 Å². The monoisotopic (exact) mass is 189 g/mol. The third-order valence-corrected chi connectivity index (χ3v) is 1.34. The van der Waals surface area contributed by atoms with Crippen molar-refractivity contribution in [2.75, 3.05) is 13.7 Å². The predicted molar refractivity (Wildman–Crippen MR) is 50.3 cm³/mol. The van der Waals surface area contributed by atoms with Gasteiger partial charge in [-0.05, 0) is 27.2 Å². The average molecular weight is 189 g/mol. The molecule has 13 heavy (non-hydrogen) atoms. The van der Waals surface area contributed by atoms with E-state index in [0.29, 0.717) is 13.0 Å². The largest absolute Gasteiger partial charge is 0.459 e. The van der Waals surface area contributed by atoms with Gasteiger partial charge < -0.3 is 15.2 Å². The molecule has 0 rings (SSSR count). The molecule has 0 amide bonds. The van der Waals surface area contributed by atoms with Crippen LogP contribution >= 0.6 is 0 Å². The Labute approximate surface area is 79.4 Å². The first-order valence-corrected chi connectivity index (χ1v) is 4.34. The second-order valence-electron chi connectivity index (χ2n) is 3.92. The number of hydrogen-bond acceptors (Lipinski definition) is 4. The van der Waals surface area contributed by atoms with Crippen LogP contribution in [-0.2, 0) is 14.3 Å². The Hall–Kier alpha value is -0.610. The minimum atomic E-state index is -0.584. The summed E-state index contributed by atoms with van der Waals surface area (Å²) in [6.07, 6.45) is 0.491. The molecule has 0 aliphatic rings. The number of hydrogen-bond donors (Lipinski definition) is 1. The van der Waals surface area contributed by atoms with Crippen molar-refractivity contribution in [2.24, 2.45) is 5.73 Å². The number of ether oxygens (including phenoxy) is 2. The lowest BCUT2D eigenvalue weighted by atomic mass is 10.2. The molecule has 0 aromatic heterocycles. The summed E-state index contributed by atoms with van der Waals surface area (Å²) >= 11 is 0. The van der Waals surface area contributed by atoms with Gasteiger partial charge in [-0.3, -0.25) is 4.79 Å². The predicted octanol–water partition coefficient (Wildman–Crippen LogP) is 0.692. The van der Waals surface area contributed by atoms with Gasteiger partial charge in [-0.25, -0.2) is 0 Å². The number of nitrogens with two attached hydrogens (primary N) is 1. The molecule has 0 aliphatic heterocycles. The van der Waals surface area contributed by atoms with Gasteiger partial charge in [0.1, 0.15) is 11.6 Å². The van der Waals surface area contributed by atoms with Crippen molar-refractivity contribution < 1.29 is 14.3 Å². The molecule has 0 spiro atoms. The van der Waals surface area contributed by atoms with Crippen LogP contribution in [0.4, 0.5) is 0 Å². The maximum absolute atomic E-state index is 11.3. The Bertz CT molecular complexity index is 163. The van der Waals surface area contributed by atoms with Crippen LogP contribution in [0.25, 0.3) is 0 Å². The summed E-state index contributed by atoms with van der Waals surface area (Å²) in [5.41, 5.74) is 5.09. The van der Waals surface area contributed by atoms with Gasteiger partial charge in [0.25, 0.3) is 0 Å². The zero-order chi connectivity index (χ0) is 10.5. The first kappa shape index (κ1) is 12.4. The molecular weight excluding hydrogens is 170 g/mol. The molecule has 0 saturated carbocycles. The summed E-state index contributed by atoms with van der Waals surface area (Å²) < 4.78 is 9.88. The lowest BCUT2D eigenvalue weighted by Crippen LogP contribution is -2.38. The van der Waals surface area contributed by atoms with Gasteiger partial charge in [-0.1, -0.05) is 0 Å². The van der Waals surface area contributed by atoms with Crippen molar-refractivity contribution in [3.63, 3.8) is 0 Å². The van der Waals surface area contributed by atoms with E-state index >= 15 is 0 Å². The maximum atomic E-state index is 11.3. The molecule has 0 aromatic rings. The van der Waals surface area contributed by atoms with E-state index in [9.17, 15) is 4.79 Å². The molecule has 0 radical (unpaired) electrons. The first-order valence-electron chi connectivity index (χ1n) is 4.34. The molecule has 0 saturated heterocycles. The summed E-state index contributed by atoms with van der Waals surface area (Å²) in [5, 5.41) is 0. The Balaban J connectivity index is 3.83. The van der Waals surface area contributed by atoms with Crippen molar-refractivity contribution in [1.29, 1.82) is 0 Å². The fourth-order valence-corrected chi connectivity index (χ4v) is 0.740. The van der Waals surface area contributed by atoms with Crippen LogP contribution < -0.4 is 5.73 Å². The standard InChI is InChI=1S/C9H19NO3/c1-9(2,3)13-8(11)7(10)5-6-12-4/h7H,5-6,10H2,1-4H3/t7-/m1/s1. The highest BCUT2D eigenvalue weighted by Crippen LogP contribution is 2.08. The van der Waals surface area contributed by atoms with E-state index in [1.54, 1.807) is 7.11 Å². The van der Waals surface area contributed by atoms with E-state index in [1.165, 1.54) is 0 Å². The van der Waals surface area contributed by atoms with Gasteiger partial charge in [0.2, 0.25) is 0 Å². The number of rotatable bonds is 4. The molecular formula is C9H19NO3. The average Bonchev–Trinajstić information content (AvgIpc) is 1.96. The highest BCUT2D eigenvalue weighted by atomic mass is 16.6. The van der Waals surface area contributed by atoms with Crippen LogP contribution in [0.1, 0.15) is 27.2 Å². The second kappa shape index (κ2) is 5.19. The molecule has 0 heterocycles. The third-order valence-electron chi connectivity index (χ3n) is 1.34. The van der Waals surface area contributed by atoms with E-state index in [-0.39, 0.29) is 5.97 Å². The van der Waals surface area contributed by atoms with Crippen molar-refractivity contribution in [1.82, 2.24) is 0 Å². The minimum Gasteiger partial charge on any atom is -0.459 e. The lowest BCUT2D eigenvalue weighted by Gasteiger charge is -2.21. The van der Waals surface area contributed by atoms with Gasteiger partial charge >= 0.3 is 5.97 Å². The summed E-state index contributed by atoms with van der Waals surface area (Å²) in [7, 11) is 1.57. The summed E-state index contributed by atoms with van der Waals surface area (Å²) in [6, 6.07) is -0.584. The third kappa shape index (κ3) is 6.54. The van der Waals surface area contributed by atoms with Crippen LogP contribution in [-0.4, -0.2) is 31.3 Å². The van der Waals surface area contributed by atoms with Gasteiger partial charge in [-0.2, -0.15) is 0 Å². The fourth-order valence-electron chi connectivity index (χ4n) is 0.740. The van der Waals surface area contributed by atoms with Crippen LogP contribution in [0.3, 0.4) is 0 Å². The molecule has 2 N–H and O–H groups in total. The molecule has 4 heteroatoms. The van der Waals surface area contributed by atoms with Crippen LogP contribution in [0.5, 0.6) is 0 Å². The number of carbonyl (C=O) groups is 1. The van der Waals surface area contributed by atoms with E-state index in [0.717, 1.165) is 0 Å².